The van der Waals surface area contributed by atoms with Gasteiger partial charge >= 0.3 is 0 Å². The Morgan fingerprint density at radius 1 is 1.30 bits per heavy atom. The van der Waals surface area contributed by atoms with E-state index in [1.807, 2.05) is 18.4 Å². The molecule has 146 valence electrons. The van der Waals surface area contributed by atoms with Crippen molar-refractivity contribution in [1.29, 1.82) is 0 Å². The fourth-order valence-corrected chi connectivity index (χ4v) is 4.88. The summed E-state index contributed by atoms with van der Waals surface area (Å²) < 4.78 is 41.9. The normalized spacial score (nSPS) is 18.0. The summed E-state index contributed by atoms with van der Waals surface area (Å²) in [5, 5.41) is 2.82. The number of rotatable bonds is 6. The van der Waals surface area contributed by atoms with Crippen LogP contribution >= 0.6 is 0 Å². The van der Waals surface area contributed by atoms with Crippen LogP contribution in [0.25, 0.3) is 0 Å². The van der Waals surface area contributed by atoms with Gasteiger partial charge in [-0.05, 0) is 51.0 Å². The molecule has 1 fully saturated rings. The Morgan fingerprint density at radius 2 is 2.00 bits per heavy atom. The predicted molar refractivity (Wildman–Crippen MR) is 98.0 cm³/mol. The molecule has 1 aliphatic heterocycles. The third-order valence-corrected chi connectivity index (χ3v) is 6.85. The maximum Gasteiger partial charge on any atom is 0.243 e. The zero-order valence-corrected chi connectivity index (χ0v) is 16.2. The Morgan fingerprint density at radius 3 is 2.63 bits per heavy atom. The Labute approximate surface area is 158 Å². The minimum atomic E-state index is -3.84. The first-order valence-corrected chi connectivity index (χ1v) is 10.3. The summed E-state index contributed by atoms with van der Waals surface area (Å²) in [5.74, 6) is -0.817. The van der Waals surface area contributed by atoms with E-state index in [1.54, 1.807) is 6.33 Å². The zero-order chi connectivity index (χ0) is 19.6. The molecule has 1 aromatic heterocycles. The second-order valence-electron chi connectivity index (χ2n) is 6.63. The first-order chi connectivity index (χ1) is 12.8. The number of amides is 1. The number of hydrogen-bond acceptors (Lipinski definition) is 4. The van der Waals surface area contributed by atoms with E-state index < -0.39 is 21.9 Å². The summed E-state index contributed by atoms with van der Waals surface area (Å²) in [6, 6.07) is 3.91. The SMILES string of the molecule is Cc1ncn(CCNC(=O)C2CCCN2S(=O)(=O)c2ccc(F)cc2)c1C. The molecule has 1 aromatic carbocycles. The topological polar surface area (TPSA) is 84.3 Å². The van der Waals surface area contributed by atoms with Crippen molar-refractivity contribution in [2.75, 3.05) is 13.1 Å². The Balaban J connectivity index is 1.65. The summed E-state index contributed by atoms with van der Waals surface area (Å²) in [6.07, 6.45) is 2.80. The van der Waals surface area contributed by atoms with Crippen LogP contribution in [-0.4, -0.2) is 47.3 Å². The quantitative estimate of drug-likeness (QED) is 0.807. The molecule has 2 heterocycles. The van der Waals surface area contributed by atoms with E-state index in [4.69, 9.17) is 0 Å². The summed E-state index contributed by atoms with van der Waals surface area (Å²) in [5.41, 5.74) is 1.97. The number of carbonyl (C=O) groups excluding carboxylic acids is 1. The highest BCUT2D eigenvalue weighted by atomic mass is 32.2. The van der Waals surface area contributed by atoms with Crippen LogP contribution in [-0.2, 0) is 21.4 Å². The number of benzene rings is 1. The van der Waals surface area contributed by atoms with Crippen LogP contribution in [0.1, 0.15) is 24.2 Å². The molecule has 1 saturated heterocycles. The van der Waals surface area contributed by atoms with Gasteiger partial charge in [0.1, 0.15) is 11.9 Å². The second-order valence-corrected chi connectivity index (χ2v) is 8.52. The molecule has 1 aliphatic rings. The second kappa shape index (κ2) is 7.77. The van der Waals surface area contributed by atoms with E-state index in [0.29, 0.717) is 25.9 Å². The van der Waals surface area contributed by atoms with Crippen molar-refractivity contribution in [2.24, 2.45) is 0 Å². The molecule has 3 rings (SSSR count). The molecule has 0 aliphatic carbocycles. The minimum absolute atomic E-state index is 0.00637. The van der Waals surface area contributed by atoms with Gasteiger partial charge in [0.25, 0.3) is 0 Å². The lowest BCUT2D eigenvalue weighted by Gasteiger charge is -2.23. The molecular weight excluding hydrogens is 371 g/mol. The van der Waals surface area contributed by atoms with Crippen LogP contribution in [0.2, 0.25) is 0 Å². The summed E-state index contributed by atoms with van der Waals surface area (Å²) in [6.45, 7) is 5.10. The first-order valence-electron chi connectivity index (χ1n) is 8.84. The average Bonchev–Trinajstić information content (AvgIpc) is 3.25. The average molecular weight is 394 g/mol. The molecule has 1 atom stereocenters. The van der Waals surface area contributed by atoms with Crippen molar-refractivity contribution in [3.05, 3.63) is 47.8 Å². The van der Waals surface area contributed by atoms with Gasteiger partial charge in [0, 0.05) is 25.3 Å². The third-order valence-electron chi connectivity index (χ3n) is 4.92. The number of imidazole rings is 1. The highest BCUT2D eigenvalue weighted by Gasteiger charge is 2.39. The van der Waals surface area contributed by atoms with Gasteiger partial charge in [0.05, 0.1) is 16.9 Å². The van der Waals surface area contributed by atoms with Gasteiger partial charge in [-0.3, -0.25) is 4.79 Å². The minimum Gasteiger partial charge on any atom is -0.353 e. The molecule has 1 unspecified atom stereocenters. The van der Waals surface area contributed by atoms with Gasteiger partial charge in [-0.1, -0.05) is 0 Å². The van der Waals surface area contributed by atoms with Gasteiger partial charge in [-0.15, -0.1) is 0 Å². The van der Waals surface area contributed by atoms with E-state index in [2.05, 4.69) is 10.3 Å². The monoisotopic (exact) mass is 394 g/mol. The van der Waals surface area contributed by atoms with E-state index >= 15 is 0 Å². The lowest BCUT2D eigenvalue weighted by atomic mass is 10.2. The number of aromatic nitrogens is 2. The summed E-state index contributed by atoms with van der Waals surface area (Å²) >= 11 is 0. The van der Waals surface area contributed by atoms with Gasteiger partial charge in [-0.2, -0.15) is 4.31 Å². The van der Waals surface area contributed by atoms with E-state index in [9.17, 15) is 17.6 Å². The molecule has 1 amide bonds. The Hall–Kier alpha value is -2.26. The number of nitrogens with one attached hydrogen (secondary N) is 1. The highest BCUT2D eigenvalue weighted by molar-refractivity contribution is 7.89. The van der Waals surface area contributed by atoms with Crippen molar-refractivity contribution in [2.45, 2.75) is 44.2 Å². The predicted octanol–water partition coefficient (Wildman–Crippen LogP) is 1.61. The molecule has 7 nitrogen and oxygen atoms in total. The summed E-state index contributed by atoms with van der Waals surface area (Å²) in [4.78, 5) is 16.8. The van der Waals surface area contributed by atoms with Crippen molar-refractivity contribution in [1.82, 2.24) is 19.2 Å². The molecule has 0 spiro atoms. The number of hydrogen-bond donors (Lipinski definition) is 1. The van der Waals surface area contributed by atoms with Gasteiger partial charge in [0.2, 0.25) is 15.9 Å². The largest absolute Gasteiger partial charge is 0.353 e. The van der Waals surface area contributed by atoms with Crippen LogP contribution in [0.3, 0.4) is 0 Å². The number of sulfonamides is 1. The van der Waals surface area contributed by atoms with Crippen molar-refractivity contribution >= 4 is 15.9 Å². The maximum absolute atomic E-state index is 13.1. The fourth-order valence-electron chi connectivity index (χ4n) is 3.22. The first kappa shape index (κ1) is 19.5. The molecule has 2 aromatic rings. The fraction of sp³-hybridized carbons (Fsp3) is 0.444. The van der Waals surface area contributed by atoms with Crippen LogP contribution < -0.4 is 5.32 Å². The van der Waals surface area contributed by atoms with Crippen LogP contribution in [0.4, 0.5) is 4.39 Å². The molecule has 27 heavy (non-hydrogen) atoms. The lowest BCUT2D eigenvalue weighted by Crippen LogP contribution is -2.46. The van der Waals surface area contributed by atoms with E-state index in [0.717, 1.165) is 23.5 Å². The van der Waals surface area contributed by atoms with Crippen LogP contribution in [0.5, 0.6) is 0 Å². The number of nitrogens with zero attached hydrogens (tertiary/aromatic N) is 3. The standard InChI is InChI=1S/C18H23FN4O3S/c1-13-14(2)22(12-21-13)11-9-20-18(24)17-4-3-10-23(17)27(25,26)16-7-5-15(19)6-8-16/h5-8,12,17H,3-4,9-11H2,1-2H3,(H,20,24). The molecule has 1 N–H and O–H groups in total. The van der Waals surface area contributed by atoms with Gasteiger partial charge < -0.3 is 9.88 Å². The lowest BCUT2D eigenvalue weighted by molar-refractivity contribution is -0.124. The Kier molecular flexibility index (Phi) is 5.61. The third kappa shape index (κ3) is 4.03. The van der Waals surface area contributed by atoms with Gasteiger partial charge in [0.15, 0.2) is 0 Å². The number of carbonyl (C=O) groups is 1. The highest BCUT2D eigenvalue weighted by Crippen LogP contribution is 2.26. The number of aryl methyl sites for hydroxylation is 1. The zero-order valence-electron chi connectivity index (χ0n) is 15.4. The Bertz CT molecular complexity index is 925. The smallest absolute Gasteiger partial charge is 0.243 e. The molecule has 0 bridgehead atoms. The number of halogens is 1. The van der Waals surface area contributed by atoms with Crippen LogP contribution in [0.15, 0.2) is 35.5 Å². The van der Waals surface area contributed by atoms with Crippen molar-refractivity contribution < 1.29 is 17.6 Å². The molecule has 0 saturated carbocycles. The van der Waals surface area contributed by atoms with Crippen LogP contribution in [0, 0.1) is 19.7 Å². The summed E-state index contributed by atoms with van der Waals surface area (Å²) in [7, 11) is -3.84. The van der Waals surface area contributed by atoms with Crippen molar-refractivity contribution in [3.63, 3.8) is 0 Å². The molecule has 9 heteroatoms. The maximum atomic E-state index is 13.1. The van der Waals surface area contributed by atoms with E-state index in [-0.39, 0.29) is 17.3 Å². The van der Waals surface area contributed by atoms with Crippen molar-refractivity contribution in [3.8, 4) is 0 Å². The van der Waals surface area contributed by atoms with Gasteiger partial charge in [-0.25, -0.2) is 17.8 Å². The molecular formula is C18H23FN4O3S. The van der Waals surface area contributed by atoms with E-state index in [1.165, 1.54) is 16.4 Å². The molecule has 0 radical (unpaired) electrons.